The number of ether oxygens (including phenoxy) is 1. The summed E-state index contributed by atoms with van der Waals surface area (Å²) in [6, 6.07) is 5.55. The largest absolute Gasteiger partial charge is 0.444 e. The summed E-state index contributed by atoms with van der Waals surface area (Å²) in [5.41, 5.74) is 0.0832. The highest BCUT2D eigenvalue weighted by molar-refractivity contribution is 5.85. The SMILES string of the molecule is CC(C)(C)OC(=O)N1CCCC[C@@H]1C(=O)NCc1cccc(F)c1. The minimum Gasteiger partial charge on any atom is -0.444 e. The van der Waals surface area contributed by atoms with E-state index in [1.54, 1.807) is 32.9 Å². The highest BCUT2D eigenvalue weighted by Gasteiger charge is 2.34. The molecule has 5 nitrogen and oxygen atoms in total. The summed E-state index contributed by atoms with van der Waals surface area (Å²) in [5, 5.41) is 2.79. The van der Waals surface area contributed by atoms with Gasteiger partial charge in [-0.1, -0.05) is 12.1 Å². The Morgan fingerprint density at radius 1 is 1.33 bits per heavy atom. The van der Waals surface area contributed by atoms with Crippen LogP contribution in [0.25, 0.3) is 0 Å². The number of nitrogens with one attached hydrogen (secondary N) is 1. The molecule has 0 aliphatic carbocycles. The minimum absolute atomic E-state index is 0.231. The number of nitrogens with zero attached hydrogens (tertiary/aromatic N) is 1. The Morgan fingerprint density at radius 2 is 2.08 bits per heavy atom. The summed E-state index contributed by atoms with van der Waals surface area (Å²) >= 11 is 0. The van der Waals surface area contributed by atoms with Crippen LogP contribution in [-0.2, 0) is 16.1 Å². The molecule has 1 aliphatic heterocycles. The molecule has 0 aromatic heterocycles. The minimum atomic E-state index is -0.600. The van der Waals surface area contributed by atoms with E-state index in [1.807, 2.05) is 0 Å². The van der Waals surface area contributed by atoms with Gasteiger partial charge in [0.2, 0.25) is 5.91 Å². The fourth-order valence-corrected chi connectivity index (χ4v) is 2.70. The number of carbonyl (C=O) groups is 2. The zero-order valence-electron chi connectivity index (χ0n) is 14.5. The van der Waals surface area contributed by atoms with Crippen molar-refractivity contribution in [2.45, 2.75) is 58.2 Å². The second kappa shape index (κ2) is 7.64. The average molecular weight is 336 g/mol. The standard InChI is InChI=1S/C18H25FN2O3/c1-18(2,3)24-17(23)21-10-5-4-9-15(21)16(22)20-12-13-7-6-8-14(19)11-13/h6-8,11,15H,4-5,9-10,12H2,1-3H3,(H,20,22)/t15-/m1/s1. The molecule has 2 rings (SSSR count). The summed E-state index contributed by atoms with van der Waals surface area (Å²) in [4.78, 5) is 26.3. The van der Waals surface area contributed by atoms with Gasteiger partial charge in [-0.15, -0.1) is 0 Å². The topological polar surface area (TPSA) is 58.6 Å². The van der Waals surface area contributed by atoms with Gasteiger partial charge in [0.1, 0.15) is 17.5 Å². The Kier molecular flexibility index (Phi) is 5.80. The van der Waals surface area contributed by atoms with Gasteiger partial charge in [-0.2, -0.15) is 0 Å². The molecule has 1 saturated heterocycles. The number of carbonyl (C=O) groups excluding carboxylic acids is 2. The van der Waals surface area contributed by atoms with Crippen molar-refractivity contribution in [2.24, 2.45) is 0 Å². The Hall–Kier alpha value is -2.11. The van der Waals surface area contributed by atoms with Gasteiger partial charge < -0.3 is 10.1 Å². The smallest absolute Gasteiger partial charge is 0.410 e. The van der Waals surface area contributed by atoms with Crippen molar-refractivity contribution < 1.29 is 18.7 Å². The number of likely N-dealkylation sites (tertiary alicyclic amines) is 1. The number of hydrogen-bond donors (Lipinski definition) is 1. The van der Waals surface area contributed by atoms with E-state index in [0.717, 1.165) is 12.8 Å². The van der Waals surface area contributed by atoms with Crippen molar-refractivity contribution in [1.82, 2.24) is 10.2 Å². The predicted molar refractivity (Wildman–Crippen MR) is 88.8 cm³/mol. The monoisotopic (exact) mass is 336 g/mol. The van der Waals surface area contributed by atoms with Crippen molar-refractivity contribution >= 4 is 12.0 Å². The summed E-state index contributed by atoms with van der Waals surface area (Å²) in [6.07, 6.45) is 1.88. The van der Waals surface area contributed by atoms with Crippen LogP contribution in [0.1, 0.15) is 45.6 Å². The lowest BCUT2D eigenvalue weighted by Crippen LogP contribution is -2.52. The van der Waals surface area contributed by atoms with E-state index >= 15 is 0 Å². The maximum atomic E-state index is 13.2. The first-order chi connectivity index (χ1) is 11.3. The Bertz CT molecular complexity index is 598. The van der Waals surface area contributed by atoms with Crippen molar-refractivity contribution in [3.05, 3.63) is 35.6 Å². The molecule has 1 aromatic rings. The average Bonchev–Trinajstić information content (AvgIpc) is 2.51. The summed E-state index contributed by atoms with van der Waals surface area (Å²) < 4.78 is 18.6. The second-order valence-electron chi connectivity index (χ2n) is 7.03. The number of hydrogen-bond acceptors (Lipinski definition) is 3. The van der Waals surface area contributed by atoms with Crippen molar-refractivity contribution in [1.29, 1.82) is 0 Å². The van der Waals surface area contributed by atoms with Crippen LogP contribution in [0.5, 0.6) is 0 Å². The zero-order chi connectivity index (χ0) is 17.7. The molecular formula is C18H25FN2O3. The molecule has 0 radical (unpaired) electrons. The summed E-state index contributed by atoms with van der Waals surface area (Å²) in [7, 11) is 0. The molecule has 2 amide bonds. The first-order valence-corrected chi connectivity index (χ1v) is 8.28. The molecule has 6 heteroatoms. The maximum Gasteiger partial charge on any atom is 0.410 e. The molecular weight excluding hydrogens is 311 g/mol. The van der Waals surface area contributed by atoms with E-state index in [0.29, 0.717) is 18.5 Å². The van der Waals surface area contributed by atoms with Crippen LogP contribution in [0.15, 0.2) is 24.3 Å². The number of halogens is 1. The van der Waals surface area contributed by atoms with E-state index in [-0.39, 0.29) is 18.3 Å². The lowest BCUT2D eigenvalue weighted by atomic mass is 10.0. The van der Waals surface area contributed by atoms with Crippen molar-refractivity contribution in [3.8, 4) is 0 Å². The predicted octanol–water partition coefficient (Wildman–Crippen LogP) is 3.23. The van der Waals surface area contributed by atoms with Gasteiger partial charge >= 0.3 is 6.09 Å². The lowest BCUT2D eigenvalue weighted by Gasteiger charge is -2.35. The van der Waals surface area contributed by atoms with Crippen LogP contribution < -0.4 is 5.32 Å². The van der Waals surface area contributed by atoms with E-state index in [9.17, 15) is 14.0 Å². The van der Waals surface area contributed by atoms with Crippen LogP contribution in [0.2, 0.25) is 0 Å². The fraction of sp³-hybridized carbons (Fsp3) is 0.556. The van der Waals surface area contributed by atoms with Crippen LogP contribution in [0, 0.1) is 5.82 Å². The number of rotatable bonds is 3. The molecule has 132 valence electrons. The molecule has 1 fully saturated rings. The summed E-state index contributed by atoms with van der Waals surface area (Å²) in [5.74, 6) is -0.570. The van der Waals surface area contributed by atoms with E-state index < -0.39 is 17.7 Å². The molecule has 0 spiro atoms. The third-order valence-electron chi connectivity index (χ3n) is 3.79. The Morgan fingerprint density at radius 3 is 2.75 bits per heavy atom. The number of piperidine rings is 1. The van der Waals surface area contributed by atoms with Crippen molar-refractivity contribution in [3.63, 3.8) is 0 Å². The van der Waals surface area contributed by atoms with Gasteiger partial charge in [-0.3, -0.25) is 9.69 Å². The van der Waals surface area contributed by atoms with Gasteiger partial charge in [0, 0.05) is 13.1 Å². The van der Waals surface area contributed by atoms with Gasteiger partial charge in [0.05, 0.1) is 0 Å². The number of amides is 2. The van der Waals surface area contributed by atoms with Gasteiger partial charge in [-0.25, -0.2) is 9.18 Å². The third-order valence-corrected chi connectivity index (χ3v) is 3.79. The molecule has 0 bridgehead atoms. The van der Waals surface area contributed by atoms with Gasteiger partial charge in [-0.05, 0) is 57.7 Å². The van der Waals surface area contributed by atoms with E-state index in [4.69, 9.17) is 4.74 Å². The van der Waals surface area contributed by atoms with Crippen LogP contribution in [0.3, 0.4) is 0 Å². The van der Waals surface area contributed by atoms with Crippen LogP contribution in [-0.4, -0.2) is 35.1 Å². The maximum absolute atomic E-state index is 13.2. The molecule has 24 heavy (non-hydrogen) atoms. The first-order valence-electron chi connectivity index (χ1n) is 8.28. The van der Waals surface area contributed by atoms with Gasteiger partial charge in [0.15, 0.2) is 0 Å². The number of benzene rings is 1. The van der Waals surface area contributed by atoms with Crippen LogP contribution >= 0.6 is 0 Å². The fourth-order valence-electron chi connectivity index (χ4n) is 2.70. The molecule has 1 aromatic carbocycles. The van der Waals surface area contributed by atoms with Crippen molar-refractivity contribution in [2.75, 3.05) is 6.54 Å². The molecule has 1 aliphatic rings. The Labute approximate surface area is 142 Å². The highest BCUT2D eigenvalue weighted by Crippen LogP contribution is 2.20. The van der Waals surface area contributed by atoms with E-state index in [2.05, 4.69) is 5.32 Å². The van der Waals surface area contributed by atoms with E-state index in [1.165, 1.54) is 17.0 Å². The second-order valence-corrected chi connectivity index (χ2v) is 7.03. The van der Waals surface area contributed by atoms with Crippen LogP contribution in [0.4, 0.5) is 9.18 Å². The molecule has 1 atom stereocenters. The molecule has 0 saturated carbocycles. The summed E-state index contributed by atoms with van der Waals surface area (Å²) in [6.45, 7) is 6.14. The normalized spacial score (nSPS) is 18.2. The molecule has 0 unspecified atom stereocenters. The Balaban J connectivity index is 1.98. The first kappa shape index (κ1) is 18.2. The molecule has 1 heterocycles. The zero-order valence-corrected chi connectivity index (χ0v) is 14.5. The molecule has 1 N–H and O–H groups in total. The quantitative estimate of drug-likeness (QED) is 0.922. The lowest BCUT2D eigenvalue weighted by molar-refractivity contribution is -0.127. The van der Waals surface area contributed by atoms with Gasteiger partial charge in [0.25, 0.3) is 0 Å². The highest BCUT2D eigenvalue weighted by atomic mass is 19.1. The third kappa shape index (κ3) is 5.22.